The Hall–Kier alpha value is -7.20. The van der Waals surface area contributed by atoms with E-state index < -0.39 is 144 Å². The Morgan fingerprint density at radius 1 is 0.382 bits per heavy atom. The third-order valence-electron chi connectivity index (χ3n) is 10.9. The molecule has 1 heterocycles. The summed E-state index contributed by atoms with van der Waals surface area (Å²) in [6.07, 6.45) is -3.28. The lowest BCUT2D eigenvalue weighted by atomic mass is 9.12. The van der Waals surface area contributed by atoms with Crippen LogP contribution in [0.3, 0.4) is 0 Å². The summed E-state index contributed by atoms with van der Waals surface area (Å²) in [6, 6.07) is 19.9. The number of ketones is 1. The fourth-order valence-corrected chi connectivity index (χ4v) is 7.56. The molecule has 0 aliphatic heterocycles. The van der Waals surface area contributed by atoms with Gasteiger partial charge in [-0.1, -0.05) is 48.5 Å². The van der Waals surface area contributed by atoms with Gasteiger partial charge in [-0.3, -0.25) is 4.79 Å². The summed E-state index contributed by atoms with van der Waals surface area (Å²) in [6.45, 7) is 4.63. The molecule has 7 rings (SSSR count). The molecule has 0 N–H and O–H groups in total. The summed E-state index contributed by atoms with van der Waals surface area (Å²) in [5.74, 6) is -71.3. The number of aryl methyl sites for hydroxylation is 1. The summed E-state index contributed by atoms with van der Waals surface area (Å²) in [5.41, 5.74) is -8.58. The molecule has 0 amide bonds. The molecule has 23 heteroatoms. The third kappa shape index (κ3) is 7.99. The second-order valence-corrected chi connectivity index (χ2v) is 14.6. The van der Waals surface area contributed by atoms with Gasteiger partial charge in [0.1, 0.15) is 52.7 Å². The second-order valence-electron chi connectivity index (χ2n) is 14.6. The normalized spacial score (nSPS) is 11.5. The van der Waals surface area contributed by atoms with Crippen LogP contribution in [0.4, 0.5) is 87.8 Å². The van der Waals surface area contributed by atoms with Crippen LogP contribution in [-0.2, 0) is 6.54 Å². The Balaban J connectivity index is 0.000000276. The zero-order valence-corrected chi connectivity index (χ0v) is 33.6. The van der Waals surface area contributed by atoms with Crippen LogP contribution in [0.2, 0.25) is 0 Å². The van der Waals surface area contributed by atoms with Gasteiger partial charge in [0.15, 0.2) is 82.2 Å². The van der Waals surface area contributed by atoms with Crippen molar-refractivity contribution in [1.82, 2.24) is 0 Å². The van der Waals surface area contributed by atoms with E-state index in [1.165, 1.54) is 22.3 Å². The van der Waals surface area contributed by atoms with Crippen molar-refractivity contribution < 1.29 is 97.2 Å². The second kappa shape index (κ2) is 18.8. The first-order valence-corrected chi connectivity index (χ1v) is 18.7. The van der Waals surface area contributed by atoms with E-state index in [1.807, 2.05) is 47.3 Å². The van der Waals surface area contributed by atoms with E-state index in [-0.39, 0.29) is 5.78 Å². The average molecular weight is 981 g/mol. The number of hydrogen-bond acceptors (Lipinski definition) is 1. The highest BCUT2D eigenvalue weighted by atomic mass is 19.2. The smallest absolute Gasteiger partial charge is 0.227 e. The number of halogens is 20. The predicted octanol–water partition coefficient (Wildman–Crippen LogP) is 9.99. The molecule has 1 aromatic heterocycles. The fourth-order valence-electron chi connectivity index (χ4n) is 7.56. The summed E-state index contributed by atoms with van der Waals surface area (Å²) in [4.78, 5) is 12.2. The monoisotopic (exact) mass is 981 g/mol. The van der Waals surface area contributed by atoms with Crippen LogP contribution < -0.4 is 26.4 Å². The molecule has 0 bridgehead atoms. The van der Waals surface area contributed by atoms with E-state index in [0.717, 1.165) is 5.56 Å². The highest BCUT2D eigenvalue weighted by molar-refractivity contribution is 7.20. The van der Waals surface area contributed by atoms with E-state index in [1.54, 1.807) is 0 Å². The molecule has 0 aliphatic rings. The van der Waals surface area contributed by atoms with Crippen molar-refractivity contribution in [1.29, 1.82) is 0 Å². The molecule has 0 saturated heterocycles. The number of benzene rings is 6. The number of carbonyl (C=O) groups excluding carboxylic acids is 1. The Labute approximate surface area is 368 Å². The molecule has 0 aliphatic carbocycles. The summed E-state index contributed by atoms with van der Waals surface area (Å²) >= 11 is 0. The lowest BCUT2D eigenvalue weighted by Crippen LogP contribution is -2.81. The molecule has 0 atom stereocenters. The van der Waals surface area contributed by atoms with Gasteiger partial charge in [0.05, 0.1) is 0 Å². The van der Waals surface area contributed by atoms with E-state index in [0.29, 0.717) is 6.54 Å². The van der Waals surface area contributed by atoms with Crippen LogP contribution >= 0.6 is 0 Å². The number of Topliss-reactive ketones (excluding diaryl/α,β-unsaturated/α-hetero) is 1. The van der Waals surface area contributed by atoms with Gasteiger partial charge in [-0.25, -0.2) is 87.8 Å². The van der Waals surface area contributed by atoms with Gasteiger partial charge < -0.3 is 0 Å². The largest absolute Gasteiger partial charge is 0.287 e. The van der Waals surface area contributed by atoms with Gasteiger partial charge in [0.2, 0.25) is 12.3 Å². The molecule has 0 spiro atoms. The van der Waals surface area contributed by atoms with Crippen LogP contribution in [0.1, 0.15) is 21.5 Å². The molecule has 0 fully saturated rings. The summed E-state index contributed by atoms with van der Waals surface area (Å²) < 4.78 is 296. The molecule has 354 valence electrons. The number of nitrogens with zero attached hydrogens (tertiary/aromatic N) is 1. The standard InChI is InChI=1S/C24BF20.C21H20NO/c26-5-1(6(27)14(35)21(42)13(5)34)25(2-7(28)15(36)22(43)16(37)8(2)29,3-9(30)17(38)23(44)18(39)10(3)31)4-11(32)19(40)24(45)20(41)12(4)33;1-16-7-6-10-20(17(16)2)18-11-13-22(14-12-18)15-21(23)19-8-4-3-5-9-19/h;3-14H,15H2,1-2H3/q-1;+1. The molecular weight excluding hydrogens is 961 g/mol. The van der Waals surface area contributed by atoms with Crippen molar-refractivity contribution in [2.75, 3.05) is 0 Å². The molecular formula is C45H20BF20NO. The Morgan fingerprint density at radius 2 is 0.676 bits per heavy atom. The molecule has 7 aromatic rings. The molecule has 2 nitrogen and oxygen atoms in total. The van der Waals surface area contributed by atoms with Crippen molar-refractivity contribution in [3.8, 4) is 11.1 Å². The van der Waals surface area contributed by atoms with Gasteiger partial charge >= 0.3 is 0 Å². The van der Waals surface area contributed by atoms with E-state index in [2.05, 4.69) is 44.2 Å². The first-order chi connectivity index (χ1) is 31.8. The van der Waals surface area contributed by atoms with Gasteiger partial charge in [-0.15, -0.1) is 21.9 Å². The highest BCUT2D eigenvalue weighted by Gasteiger charge is 2.52. The minimum absolute atomic E-state index is 0.120. The van der Waals surface area contributed by atoms with Crippen molar-refractivity contribution in [2.24, 2.45) is 0 Å². The predicted molar refractivity (Wildman–Crippen MR) is 202 cm³/mol. The maximum absolute atomic E-state index is 15.4. The number of pyridine rings is 1. The summed E-state index contributed by atoms with van der Waals surface area (Å²) in [7, 11) is 0. The topological polar surface area (TPSA) is 20.9 Å². The SMILES string of the molecule is Cc1cccc(-c2cc[n+](CC(=O)c3ccccc3)cc2)c1C.Fc1c(F)c(F)c([B-](c2c(F)c(F)c(F)c(F)c2F)(c2c(F)c(F)c(F)c(F)c2F)c2c(F)c(F)c(F)c(F)c2F)c(F)c1F. The number of hydrogen-bond donors (Lipinski definition) is 0. The third-order valence-corrected chi connectivity index (χ3v) is 10.9. The Bertz CT molecular complexity index is 2800. The first-order valence-electron chi connectivity index (χ1n) is 18.7. The van der Waals surface area contributed by atoms with Gasteiger partial charge in [-0.05, 0) is 36.1 Å². The maximum atomic E-state index is 15.4. The average Bonchev–Trinajstić information content (AvgIpc) is 3.33. The molecule has 68 heavy (non-hydrogen) atoms. The molecule has 0 radical (unpaired) electrons. The van der Waals surface area contributed by atoms with Gasteiger partial charge in [-0.2, -0.15) is 4.57 Å². The number of aromatic nitrogens is 1. The molecule has 6 aromatic carbocycles. The van der Waals surface area contributed by atoms with Crippen LogP contribution in [-0.4, -0.2) is 11.9 Å². The minimum atomic E-state index is -7.22. The lowest BCUT2D eigenvalue weighted by molar-refractivity contribution is -0.683. The Kier molecular flexibility index (Phi) is 13.9. The zero-order valence-electron chi connectivity index (χ0n) is 33.6. The molecule has 0 saturated carbocycles. The van der Waals surface area contributed by atoms with Crippen molar-refractivity contribution in [2.45, 2.75) is 20.4 Å². The number of carbonyl (C=O) groups is 1. The van der Waals surface area contributed by atoms with Gasteiger partial charge in [0.25, 0.3) is 0 Å². The van der Waals surface area contributed by atoms with E-state index >= 15 is 35.1 Å². The van der Waals surface area contributed by atoms with Crippen molar-refractivity contribution in [3.05, 3.63) is 206 Å². The van der Waals surface area contributed by atoms with Crippen molar-refractivity contribution >= 4 is 33.8 Å². The first kappa shape index (κ1) is 50.2. The number of rotatable bonds is 8. The van der Waals surface area contributed by atoms with Gasteiger partial charge in [0, 0.05) is 17.7 Å². The fraction of sp³-hybridized carbons (Fsp3) is 0.0667. The lowest BCUT2D eigenvalue weighted by Gasteiger charge is -2.44. The quantitative estimate of drug-likeness (QED) is 0.0371. The van der Waals surface area contributed by atoms with Crippen molar-refractivity contribution in [3.63, 3.8) is 0 Å². The van der Waals surface area contributed by atoms with Crippen LogP contribution in [0, 0.1) is 130 Å². The highest BCUT2D eigenvalue weighted by Crippen LogP contribution is 2.31. The molecule has 0 unspecified atom stereocenters. The van der Waals surface area contributed by atoms with E-state index in [4.69, 9.17) is 0 Å². The zero-order chi connectivity index (χ0) is 50.6. The van der Waals surface area contributed by atoms with Crippen LogP contribution in [0.15, 0.2) is 73.1 Å². The van der Waals surface area contributed by atoms with Crippen LogP contribution in [0.5, 0.6) is 0 Å². The van der Waals surface area contributed by atoms with E-state index in [9.17, 15) is 57.5 Å². The van der Waals surface area contributed by atoms with Crippen LogP contribution in [0.25, 0.3) is 11.1 Å². The minimum Gasteiger partial charge on any atom is -0.287 e. The Morgan fingerprint density at radius 3 is 0.985 bits per heavy atom. The summed E-state index contributed by atoms with van der Waals surface area (Å²) in [5, 5.41) is 0. The maximum Gasteiger partial charge on any atom is 0.227 e.